The van der Waals surface area contributed by atoms with Gasteiger partial charge < -0.3 is 10.2 Å². The molecule has 0 bridgehead atoms. The van der Waals surface area contributed by atoms with Gasteiger partial charge in [-0.25, -0.2) is 0 Å². The minimum atomic E-state index is 0.197. The normalized spacial score (nSPS) is 13.7. The second kappa shape index (κ2) is 8.48. The summed E-state index contributed by atoms with van der Waals surface area (Å²) >= 11 is 0. The average molecular weight is 280 g/mol. The molecule has 3 nitrogen and oxygen atoms in total. The summed E-state index contributed by atoms with van der Waals surface area (Å²) in [7, 11) is 0. The fourth-order valence-electron chi connectivity index (χ4n) is 2.89. The van der Waals surface area contributed by atoms with E-state index in [1.165, 1.54) is 0 Å². The molecule has 1 unspecified atom stereocenters. The van der Waals surface area contributed by atoms with E-state index in [4.69, 9.17) is 10.2 Å². The fraction of sp³-hybridized carbons (Fsp3) is 0.765. The maximum absolute atomic E-state index is 6.08. The van der Waals surface area contributed by atoms with Gasteiger partial charge in [0, 0.05) is 25.6 Å². The van der Waals surface area contributed by atoms with Gasteiger partial charge in [0.05, 0.1) is 6.04 Å². The second-order valence-electron chi connectivity index (χ2n) is 5.97. The van der Waals surface area contributed by atoms with Gasteiger partial charge in [-0.15, -0.1) is 0 Å². The van der Waals surface area contributed by atoms with E-state index in [1.54, 1.807) is 0 Å². The van der Waals surface area contributed by atoms with E-state index in [0.29, 0.717) is 18.5 Å². The number of furan rings is 1. The lowest BCUT2D eigenvalue weighted by molar-refractivity contribution is 0.0984. The first-order valence-electron chi connectivity index (χ1n) is 8.11. The number of hydrogen-bond donors (Lipinski definition) is 1. The Morgan fingerprint density at radius 2 is 1.80 bits per heavy atom. The molecule has 0 aliphatic heterocycles. The van der Waals surface area contributed by atoms with E-state index in [9.17, 15) is 0 Å². The zero-order valence-electron chi connectivity index (χ0n) is 13.9. The number of rotatable bonds is 9. The Kier molecular flexibility index (Phi) is 7.31. The highest BCUT2D eigenvalue weighted by atomic mass is 16.3. The number of nitrogens with zero attached hydrogens (tertiary/aromatic N) is 1. The molecule has 0 saturated carbocycles. The van der Waals surface area contributed by atoms with Crippen molar-refractivity contribution in [2.45, 2.75) is 66.0 Å². The van der Waals surface area contributed by atoms with Crippen molar-refractivity contribution in [2.24, 2.45) is 11.7 Å². The van der Waals surface area contributed by atoms with E-state index < -0.39 is 0 Å². The van der Waals surface area contributed by atoms with Crippen molar-refractivity contribution < 1.29 is 4.42 Å². The maximum Gasteiger partial charge on any atom is 0.122 e. The maximum atomic E-state index is 6.08. The van der Waals surface area contributed by atoms with Crippen molar-refractivity contribution >= 4 is 0 Å². The fourth-order valence-corrected chi connectivity index (χ4v) is 2.89. The van der Waals surface area contributed by atoms with Crippen molar-refractivity contribution in [3.8, 4) is 0 Å². The molecule has 3 heteroatoms. The van der Waals surface area contributed by atoms with Crippen molar-refractivity contribution in [1.29, 1.82) is 0 Å². The summed E-state index contributed by atoms with van der Waals surface area (Å²) in [5, 5.41) is 0. The molecular formula is C17H32N2O. The molecule has 0 radical (unpaired) electrons. The molecule has 0 fully saturated rings. The Morgan fingerprint density at radius 1 is 1.15 bits per heavy atom. The third kappa shape index (κ3) is 4.35. The van der Waals surface area contributed by atoms with Gasteiger partial charge in [0.1, 0.15) is 11.5 Å². The third-order valence-electron chi connectivity index (χ3n) is 3.97. The second-order valence-corrected chi connectivity index (χ2v) is 5.97. The summed E-state index contributed by atoms with van der Waals surface area (Å²) in [6.45, 7) is 12.8. The van der Waals surface area contributed by atoms with E-state index in [-0.39, 0.29) is 6.04 Å². The first-order valence-corrected chi connectivity index (χ1v) is 8.11. The standard InChI is InChI=1S/C17H32N2O/c1-6-14(7-2)19(12-13(4)5)16(11-18)17-10-9-15(8-3)20-17/h9-10,13-14,16H,6-8,11-12,18H2,1-5H3. The van der Waals surface area contributed by atoms with Crippen molar-refractivity contribution in [1.82, 2.24) is 4.90 Å². The number of hydrogen-bond acceptors (Lipinski definition) is 3. The van der Waals surface area contributed by atoms with Crippen LogP contribution in [0.2, 0.25) is 0 Å². The van der Waals surface area contributed by atoms with Gasteiger partial charge >= 0.3 is 0 Å². The van der Waals surface area contributed by atoms with Gasteiger partial charge in [0.25, 0.3) is 0 Å². The van der Waals surface area contributed by atoms with E-state index in [2.05, 4.69) is 51.7 Å². The smallest absolute Gasteiger partial charge is 0.122 e. The van der Waals surface area contributed by atoms with Gasteiger partial charge in [-0.05, 0) is 30.9 Å². The molecule has 0 amide bonds. The summed E-state index contributed by atoms with van der Waals surface area (Å²) < 4.78 is 5.97. The predicted molar refractivity (Wildman–Crippen MR) is 85.8 cm³/mol. The summed E-state index contributed by atoms with van der Waals surface area (Å²) in [6, 6.07) is 4.95. The molecule has 0 aromatic carbocycles. The largest absolute Gasteiger partial charge is 0.464 e. The van der Waals surface area contributed by atoms with Crippen LogP contribution in [-0.4, -0.2) is 24.0 Å². The quantitative estimate of drug-likeness (QED) is 0.743. The minimum absolute atomic E-state index is 0.197. The van der Waals surface area contributed by atoms with Crippen molar-refractivity contribution in [2.75, 3.05) is 13.1 Å². The lowest BCUT2D eigenvalue weighted by Crippen LogP contribution is -2.43. The highest BCUT2D eigenvalue weighted by Gasteiger charge is 2.27. The average Bonchev–Trinajstić information content (AvgIpc) is 2.89. The van der Waals surface area contributed by atoms with Gasteiger partial charge in [0.2, 0.25) is 0 Å². The molecule has 116 valence electrons. The molecule has 0 spiro atoms. The first kappa shape index (κ1) is 17.3. The molecule has 20 heavy (non-hydrogen) atoms. The monoisotopic (exact) mass is 280 g/mol. The molecule has 1 aromatic heterocycles. The molecular weight excluding hydrogens is 248 g/mol. The van der Waals surface area contributed by atoms with Crippen LogP contribution in [0.15, 0.2) is 16.5 Å². The summed E-state index contributed by atoms with van der Waals surface area (Å²) in [4.78, 5) is 2.54. The Balaban J connectivity index is 2.99. The molecule has 2 N–H and O–H groups in total. The van der Waals surface area contributed by atoms with Crippen molar-refractivity contribution in [3.05, 3.63) is 23.7 Å². The highest BCUT2D eigenvalue weighted by Crippen LogP contribution is 2.27. The van der Waals surface area contributed by atoms with Crippen LogP contribution in [0, 0.1) is 5.92 Å². The Morgan fingerprint density at radius 3 is 2.20 bits per heavy atom. The highest BCUT2D eigenvalue weighted by molar-refractivity contribution is 5.12. The zero-order chi connectivity index (χ0) is 15.1. The predicted octanol–water partition coefficient (Wildman–Crippen LogP) is 3.99. The minimum Gasteiger partial charge on any atom is -0.464 e. The van der Waals surface area contributed by atoms with Gasteiger partial charge in [-0.1, -0.05) is 34.6 Å². The van der Waals surface area contributed by atoms with E-state index in [0.717, 1.165) is 37.3 Å². The van der Waals surface area contributed by atoms with Crippen LogP contribution in [0.4, 0.5) is 0 Å². The Hall–Kier alpha value is -0.800. The van der Waals surface area contributed by atoms with Crippen LogP contribution < -0.4 is 5.73 Å². The van der Waals surface area contributed by atoms with Crippen LogP contribution >= 0.6 is 0 Å². The number of aryl methyl sites for hydroxylation is 1. The SMILES string of the molecule is CCc1ccc(C(CN)N(CC(C)C)C(CC)CC)o1. The summed E-state index contributed by atoms with van der Waals surface area (Å²) in [6.07, 6.45) is 3.24. The summed E-state index contributed by atoms with van der Waals surface area (Å²) in [5.41, 5.74) is 6.08. The molecule has 1 heterocycles. The van der Waals surface area contributed by atoms with E-state index in [1.807, 2.05) is 0 Å². The van der Waals surface area contributed by atoms with Crippen LogP contribution in [0.3, 0.4) is 0 Å². The molecule has 0 aliphatic rings. The lowest BCUT2D eigenvalue weighted by atomic mass is 10.0. The third-order valence-corrected chi connectivity index (χ3v) is 3.97. The lowest BCUT2D eigenvalue weighted by Gasteiger charge is -2.37. The molecule has 0 aliphatic carbocycles. The van der Waals surface area contributed by atoms with Gasteiger partial charge in [-0.3, -0.25) is 4.90 Å². The van der Waals surface area contributed by atoms with Crippen LogP contribution in [0.5, 0.6) is 0 Å². The topological polar surface area (TPSA) is 42.4 Å². The van der Waals surface area contributed by atoms with Crippen LogP contribution in [0.25, 0.3) is 0 Å². The molecule has 1 atom stereocenters. The Labute approximate surface area is 124 Å². The Bertz CT molecular complexity index is 369. The zero-order valence-corrected chi connectivity index (χ0v) is 13.9. The van der Waals surface area contributed by atoms with E-state index >= 15 is 0 Å². The molecule has 0 saturated heterocycles. The van der Waals surface area contributed by atoms with Gasteiger partial charge in [-0.2, -0.15) is 0 Å². The van der Waals surface area contributed by atoms with Crippen LogP contribution in [-0.2, 0) is 6.42 Å². The molecule has 1 rings (SSSR count). The van der Waals surface area contributed by atoms with Crippen LogP contribution in [0.1, 0.15) is 65.0 Å². The molecule has 1 aromatic rings. The summed E-state index contributed by atoms with van der Waals surface area (Å²) in [5.74, 6) is 2.70. The van der Waals surface area contributed by atoms with Gasteiger partial charge in [0.15, 0.2) is 0 Å². The van der Waals surface area contributed by atoms with Crippen molar-refractivity contribution in [3.63, 3.8) is 0 Å². The first-order chi connectivity index (χ1) is 9.57. The number of nitrogens with two attached hydrogens (primary N) is 1.